The molecule has 1 amide bonds. The van der Waals surface area contributed by atoms with Crippen molar-refractivity contribution in [3.63, 3.8) is 0 Å². The van der Waals surface area contributed by atoms with Crippen molar-refractivity contribution in [2.75, 3.05) is 13.9 Å². The van der Waals surface area contributed by atoms with Gasteiger partial charge in [0.05, 0.1) is 23.4 Å². The Morgan fingerprint density at radius 3 is 2.73 bits per heavy atom. The van der Waals surface area contributed by atoms with Crippen molar-refractivity contribution < 1.29 is 19.0 Å². The van der Waals surface area contributed by atoms with Crippen LogP contribution in [0.3, 0.4) is 0 Å². The molecule has 168 valence electrons. The Kier molecular flexibility index (Phi) is 5.83. The quantitative estimate of drug-likeness (QED) is 0.407. The van der Waals surface area contributed by atoms with E-state index >= 15 is 0 Å². The molecule has 1 aliphatic heterocycles. The lowest BCUT2D eigenvalue weighted by molar-refractivity contribution is -0.120. The minimum Gasteiger partial charge on any atom is -0.497 e. The third-order valence-corrected chi connectivity index (χ3v) is 6.47. The van der Waals surface area contributed by atoms with Crippen LogP contribution in [0, 0.1) is 0 Å². The third kappa shape index (κ3) is 4.34. The fourth-order valence-corrected chi connectivity index (χ4v) is 4.63. The van der Waals surface area contributed by atoms with Crippen molar-refractivity contribution >= 4 is 28.7 Å². The number of nitrogens with one attached hydrogen (secondary N) is 1. The van der Waals surface area contributed by atoms with E-state index in [0.29, 0.717) is 12.3 Å². The highest BCUT2D eigenvalue weighted by molar-refractivity contribution is 8.00. The van der Waals surface area contributed by atoms with Gasteiger partial charge in [-0.3, -0.25) is 9.36 Å². The zero-order valence-corrected chi connectivity index (χ0v) is 19.1. The summed E-state index contributed by atoms with van der Waals surface area (Å²) < 4.78 is 18.1. The number of para-hydroxylation sites is 2. The van der Waals surface area contributed by atoms with E-state index in [4.69, 9.17) is 19.2 Å². The van der Waals surface area contributed by atoms with E-state index in [-0.39, 0.29) is 18.0 Å². The molecule has 0 spiro atoms. The molecule has 3 aromatic carbocycles. The minimum absolute atomic E-state index is 0.0639. The number of hydrogen-bond donors (Lipinski definition) is 1. The Morgan fingerprint density at radius 2 is 1.91 bits per heavy atom. The number of amides is 1. The van der Waals surface area contributed by atoms with Crippen LogP contribution in [0.25, 0.3) is 16.7 Å². The topological polar surface area (TPSA) is 74.6 Å². The zero-order valence-electron chi connectivity index (χ0n) is 18.3. The van der Waals surface area contributed by atoms with Crippen LogP contribution in [0.5, 0.6) is 17.2 Å². The SMILES string of the molecule is COc1ccc(-n2c(S[C@@H](C)C(=O)NCc3ccc4c(c3)OCO4)nc3ccccc32)cc1. The number of benzene rings is 3. The lowest BCUT2D eigenvalue weighted by atomic mass is 10.2. The summed E-state index contributed by atoms with van der Waals surface area (Å²) in [7, 11) is 1.65. The highest BCUT2D eigenvalue weighted by Crippen LogP contribution is 2.33. The van der Waals surface area contributed by atoms with Crippen LogP contribution in [-0.4, -0.2) is 34.6 Å². The van der Waals surface area contributed by atoms with Gasteiger partial charge in [0.1, 0.15) is 5.75 Å². The van der Waals surface area contributed by atoms with Crippen LogP contribution in [0.15, 0.2) is 71.9 Å². The maximum absolute atomic E-state index is 12.9. The van der Waals surface area contributed by atoms with Gasteiger partial charge in [-0.15, -0.1) is 0 Å². The number of carbonyl (C=O) groups excluding carboxylic acids is 1. The fourth-order valence-electron chi connectivity index (χ4n) is 3.66. The first-order chi connectivity index (χ1) is 16.1. The molecule has 0 saturated heterocycles. The van der Waals surface area contributed by atoms with Gasteiger partial charge in [-0.25, -0.2) is 4.98 Å². The van der Waals surface area contributed by atoms with E-state index in [2.05, 4.69) is 9.88 Å². The standard InChI is InChI=1S/C25H23N3O4S/c1-16(24(29)26-14-17-7-12-22-23(13-17)32-15-31-22)33-25-27-20-5-3-4-6-21(20)28(25)18-8-10-19(30-2)11-9-18/h3-13,16H,14-15H2,1-2H3,(H,26,29)/t16-/m0/s1. The molecule has 0 radical (unpaired) electrons. The molecular formula is C25H23N3O4S. The van der Waals surface area contributed by atoms with Crippen LogP contribution in [-0.2, 0) is 11.3 Å². The van der Waals surface area contributed by atoms with E-state index in [1.165, 1.54) is 11.8 Å². The van der Waals surface area contributed by atoms with Crippen LogP contribution in [0.1, 0.15) is 12.5 Å². The summed E-state index contributed by atoms with van der Waals surface area (Å²) in [5.41, 5.74) is 3.78. The molecule has 7 nitrogen and oxygen atoms in total. The predicted octanol–water partition coefficient (Wildman–Crippen LogP) is 4.56. The maximum Gasteiger partial charge on any atom is 0.233 e. The van der Waals surface area contributed by atoms with Crippen LogP contribution >= 0.6 is 11.8 Å². The lowest BCUT2D eigenvalue weighted by Gasteiger charge is -2.14. The lowest BCUT2D eigenvalue weighted by Crippen LogP contribution is -2.30. The molecule has 0 fully saturated rings. The number of ether oxygens (including phenoxy) is 3. The van der Waals surface area contributed by atoms with E-state index in [1.54, 1.807) is 7.11 Å². The van der Waals surface area contributed by atoms with Gasteiger partial charge in [0.25, 0.3) is 0 Å². The highest BCUT2D eigenvalue weighted by atomic mass is 32.2. The highest BCUT2D eigenvalue weighted by Gasteiger charge is 2.21. The molecule has 0 unspecified atom stereocenters. The monoisotopic (exact) mass is 461 g/mol. The number of imidazole rings is 1. The molecule has 0 bridgehead atoms. The summed E-state index contributed by atoms with van der Waals surface area (Å²) in [4.78, 5) is 17.7. The average molecular weight is 462 g/mol. The first-order valence-electron chi connectivity index (χ1n) is 10.6. The van der Waals surface area contributed by atoms with Crippen LogP contribution < -0.4 is 19.5 Å². The van der Waals surface area contributed by atoms with Crippen LogP contribution in [0.2, 0.25) is 0 Å². The van der Waals surface area contributed by atoms with Gasteiger partial charge in [0.2, 0.25) is 12.7 Å². The summed E-state index contributed by atoms with van der Waals surface area (Å²) in [6, 6.07) is 21.4. The van der Waals surface area contributed by atoms with Gasteiger partial charge >= 0.3 is 0 Å². The second-order valence-corrected chi connectivity index (χ2v) is 8.89. The molecule has 0 aliphatic carbocycles. The molecule has 1 aliphatic rings. The number of aromatic nitrogens is 2. The fraction of sp³-hybridized carbons (Fsp3) is 0.200. The van der Waals surface area contributed by atoms with Gasteiger partial charge in [-0.1, -0.05) is 30.0 Å². The summed E-state index contributed by atoms with van der Waals surface area (Å²) in [6.07, 6.45) is 0. The Morgan fingerprint density at radius 1 is 1.12 bits per heavy atom. The number of hydrogen-bond acceptors (Lipinski definition) is 6. The molecule has 8 heteroatoms. The molecule has 33 heavy (non-hydrogen) atoms. The van der Waals surface area contributed by atoms with E-state index in [9.17, 15) is 4.79 Å². The van der Waals surface area contributed by atoms with Gasteiger partial charge in [0.15, 0.2) is 16.7 Å². The van der Waals surface area contributed by atoms with Crippen molar-refractivity contribution in [3.05, 3.63) is 72.3 Å². The van der Waals surface area contributed by atoms with Gasteiger partial charge in [-0.2, -0.15) is 0 Å². The number of carbonyl (C=O) groups is 1. The summed E-state index contributed by atoms with van der Waals surface area (Å²) in [5.74, 6) is 2.16. The number of methoxy groups -OCH3 is 1. The number of nitrogens with zero attached hydrogens (tertiary/aromatic N) is 2. The summed E-state index contributed by atoms with van der Waals surface area (Å²) in [6.45, 7) is 2.53. The molecule has 2 heterocycles. The van der Waals surface area contributed by atoms with Crippen molar-refractivity contribution in [3.8, 4) is 22.9 Å². The van der Waals surface area contributed by atoms with Gasteiger partial charge in [-0.05, 0) is 61.0 Å². The zero-order chi connectivity index (χ0) is 22.8. The van der Waals surface area contributed by atoms with E-state index in [1.807, 2.05) is 73.7 Å². The average Bonchev–Trinajstić information content (AvgIpc) is 3.46. The Hall–Kier alpha value is -3.65. The molecule has 4 aromatic rings. The van der Waals surface area contributed by atoms with Crippen molar-refractivity contribution in [2.45, 2.75) is 23.9 Å². The molecule has 1 atom stereocenters. The molecule has 0 saturated carbocycles. The Bertz CT molecular complexity index is 1300. The van der Waals surface area contributed by atoms with Gasteiger partial charge < -0.3 is 19.5 Å². The largest absolute Gasteiger partial charge is 0.497 e. The molecule has 1 aromatic heterocycles. The van der Waals surface area contributed by atoms with E-state index < -0.39 is 0 Å². The summed E-state index contributed by atoms with van der Waals surface area (Å²) in [5, 5.41) is 3.43. The van der Waals surface area contributed by atoms with Crippen molar-refractivity contribution in [1.82, 2.24) is 14.9 Å². The Balaban J connectivity index is 1.34. The maximum atomic E-state index is 12.9. The second-order valence-electron chi connectivity index (χ2n) is 7.58. The number of thioether (sulfide) groups is 1. The molecular weight excluding hydrogens is 438 g/mol. The predicted molar refractivity (Wildman–Crippen MR) is 127 cm³/mol. The summed E-state index contributed by atoms with van der Waals surface area (Å²) >= 11 is 1.43. The first-order valence-corrected chi connectivity index (χ1v) is 11.4. The first kappa shape index (κ1) is 21.2. The van der Waals surface area contributed by atoms with Crippen molar-refractivity contribution in [1.29, 1.82) is 0 Å². The molecule has 5 rings (SSSR count). The third-order valence-electron chi connectivity index (χ3n) is 5.42. The normalized spacial score (nSPS) is 13.2. The van der Waals surface area contributed by atoms with E-state index in [0.717, 1.165) is 38.9 Å². The number of fused-ring (bicyclic) bond motifs is 2. The Labute approximate surface area is 195 Å². The number of rotatable bonds is 7. The van der Waals surface area contributed by atoms with Crippen molar-refractivity contribution in [2.24, 2.45) is 0 Å². The second kappa shape index (κ2) is 9.07. The minimum atomic E-state index is -0.340. The van der Waals surface area contributed by atoms with Crippen LogP contribution in [0.4, 0.5) is 0 Å². The smallest absolute Gasteiger partial charge is 0.233 e. The van der Waals surface area contributed by atoms with Gasteiger partial charge in [0, 0.05) is 12.2 Å². The molecule has 1 N–H and O–H groups in total.